The van der Waals surface area contributed by atoms with Gasteiger partial charge in [-0.25, -0.2) is 9.59 Å². The Morgan fingerprint density at radius 2 is 0.882 bits per heavy atom. The van der Waals surface area contributed by atoms with Crippen LogP contribution < -0.4 is 0 Å². The average molecular weight is 481 g/mol. The van der Waals surface area contributed by atoms with Gasteiger partial charge in [-0.15, -0.1) is 0 Å². The molecule has 3 aliphatic heterocycles. The maximum absolute atomic E-state index is 12.3. The highest BCUT2D eigenvalue weighted by Crippen LogP contribution is 2.23. The van der Waals surface area contributed by atoms with Gasteiger partial charge in [0.05, 0.1) is 0 Å². The van der Waals surface area contributed by atoms with Crippen molar-refractivity contribution in [2.24, 2.45) is 11.8 Å². The Balaban J connectivity index is 1.29. The van der Waals surface area contributed by atoms with Gasteiger partial charge in [-0.2, -0.15) is 0 Å². The lowest BCUT2D eigenvalue weighted by Gasteiger charge is -2.41. The molecule has 0 radical (unpaired) electrons. The Bertz CT molecular complexity index is 605. The molecule has 0 aromatic heterocycles. The monoisotopic (exact) mass is 480 g/mol. The van der Waals surface area contributed by atoms with Crippen LogP contribution >= 0.6 is 0 Å². The Morgan fingerprint density at radius 1 is 0.588 bits per heavy atom. The number of amides is 2. The van der Waals surface area contributed by atoms with Crippen LogP contribution in [0.3, 0.4) is 0 Å². The topological polar surface area (TPSA) is 65.6 Å². The van der Waals surface area contributed by atoms with Crippen molar-refractivity contribution in [3.63, 3.8) is 0 Å². The van der Waals surface area contributed by atoms with Gasteiger partial charge >= 0.3 is 12.2 Å². The van der Waals surface area contributed by atoms with E-state index in [1.807, 2.05) is 51.3 Å². The molecule has 2 amide bonds. The van der Waals surface area contributed by atoms with E-state index in [-0.39, 0.29) is 12.2 Å². The molecule has 3 heterocycles. The van der Waals surface area contributed by atoms with E-state index in [0.717, 1.165) is 91.1 Å². The summed E-state index contributed by atoms with van der Waals surface area (Å²) in [6.45, 7) is 21.6. The predicted molar refractivity (Wildman–Crippen MR) is 134 cm³/mol. The van der Waals surface area contributed by atoms with E-state index < -0.39 is 11.2 Å². The lowest BCUT2D eigenvalue weighted by atomic mass is 9.95. The van der Waals surface area contributed by atoms with Crippen LogP contribution in [0.25, 0.3) is 0 Å². The van der Waals surface area contributed by atoms with Gasteiger partial charge in [-0.05, 0) is 79.1 Å². The zero-order valence-electron chi connectivity index (χ0n) is 22.5. The molecule has 3 saturated heterocycles. The quantitative estimate of drug-likeness (QED) is 0.608. The molecule has 3 aliphatic rings. The third-order valence-electron chi connectivity index (χ3n) is 7.03. The molecule has 0 unspecified atom stereocenters. The van der Waals surface area contributed by atoms with Crippen molar-refractivity contribution in [3.05, 3.63) is 0 Å². The van der Waals surface area contributed by atoms with Crippen LogP contribution in [0.2, 0.25) is 0 Å². The molecule has 0 saturated carbocycles. The number of hydrogen-bond donors (Lipinski definition) is 0. The average Bonchev–Trinajstić information content (AvgIpc) is 2.74. The van der Waals surface area contributed by atoms with Gasteiger partial charge in [0.15, 0.2) is 0 Å². The molecule has 3 rings (SSSR count). The summed E-state index contributed by atoms with van der Waals surface area (Å²) in [5, 5.41) is 0. The summed E-state index contributed by atoms with van der Waals surface area (Å²) in [6, 6.07) is 0. The molecule has 34 heavy (non-hydrogen) atoms. The van der Waals surface area contributed by atoms with Crippen LogP contribution in [0.15, 0.2) is 0 Å². The zero-order chi connectivity index (χ0) is 24.9. The van der Waals surface area contributed by atoms with E-state index in [0.29, 0.717) is 11.8 Å². The molecule has 196 valence electrons. The number of carbonyl (C=O) groups is 2. The van der Waals surface area contributed by atoms with E-state index in [9.17, 15) is 9.59 Å². The highest BCUT2D eigenvalue weighted by atomic mass is 16.6. The molecule has 0 aliphatic carbocycles. The molecule has 3 fully saturated rings. The summed E-state index contributed by atoms with van der Waals surface area (Å²) in [5.74, 6) is 1.34. The van der Waals surface area contributed by atoms with Crippen molar-refractivity contribution in [1.29, 1.82) is 0 Å². The lowest BCUT2D eigenvalue weighted by Crippen LogP contribution is -2.51. The van der Waals surface area contributed by atoms with E-state index in [1.165, 1.54) is 0 Å². The fourth-order valence-corrected chi connectivity index (χ4v) is 5.13. The minimum Gasteiger partial charge on any atom is -0.444 e. The van der Waals surface area contributed by atoms with Gasteiger partial charge in [0.2, 0.25) is 0 Å². The molecule has 0 spiro atoms. The summed E-state index contributed by atoms with van der Waals surface area (Å²) in [4.78, 5) is 33.5. The standard InChI is InChI=1S/C26H48N4O4/c1-25(2,3)33-23(31)29-11-7-21(8-12-29)19-27-15-17-28(18-16-27)20-22-9-13-30(14-10-22)24(32)34-26(4,5)6/h21-22H,7-20H2,1-6H3. The molecule has 0 bridgehead atoms. The van der Waals surface area contributed by atoms with E-state index in [4.69, 9.17) is 9.47 Å². The number of piperidine rings is 2. The predicted octanol–water partition coefficient (Wildman–Crippen LogP) is 3.90. The van der Waals surface area contributed by atoms with Crippen LogP contribution in [-0.4, -0.2) is 108 Å². The summed E-state index contributed by atoms with van der Waals surface area (Å²) in [5.41, 5.74) is -0.856. The van der Waals surface area contributed by atoms with Gasteiger partial charge < -0.3 is 29.1 Å². The maximum Gasteiger partial charge on any atom is 0.410 e. The number of rotatable bonds is 4. The second-order valence-electron chi connectivity index (χ2n) is 12.4. The smallest absolute Gasteiger partial charge is 0.410 e. The summed E-state index contributed by atoms with van der Waals surface area (Å²) >= 11 is 0. The Morgan fingerprint density at radius 3 is 1.15 bits per heavy atom. The summed E-state index contributed by atoms with van der Waals surface area (Å²) in [7, 11) is 0. The molecule has 8 nitrogen and oxygen atoms in total. The van der Waals surface area contributed by atoms with Crippen molar-refractivity contribution >= 4 is 12.2 Å². The first-order chi connectivity index (χ1) is 15.9. The van der Waals surface area contributed by atoms with Crippen molar-refractivity contribution in [1.82, 2.24) is 19.6 Å². The molecule has 8 heteroatoms. The van der Waals surface area contributed by atoms with Crippen LogP contribution in [0, 0.1) is 11.8 Å². The van der Waals surface area contributed by atoms with Crippen molar-refractivity contribution in [2.75, 3.05) is 65.4 Å². The molecule has 0 aromatic rings. The SMILES string of the molecule is CC(C)(C)OC(=O)N1CCC(CN2CCN(CC3CCN(C(=O)OC(C)(C)C)CC3)CC2)CC1. The Kier molecular flexibility index (Phi) is 9.12. The third kappa shape index (κ3) is 8.91. The summed E-state index contributed by atoms with van der Waals surface area (Å²) < 4.78 is 11.0. The minimum atomic E-state index is -0.428. The zero-order valence-corrected chi connectivity index (χ0v) is 22.5. The normalized spacial score (nSPS) is 22.6. The highest BCUT2D eigenvalue weighted by molar-refractivity contribution is 5.68. The number of nitrogens with zero attached hydrogens (tertiary/aromatic N) is 4. The molecular formula is C26H48N4O4. The molecular weight excluding hydrogens is 432 g/mol. The second-order valence-corrected chi connectivity index (χ2v) is 12.4. The molecule has 0 aromatic carbocycles. The first kappa shape index (κ1) is 27.1. The van der Waals surface area contributed by atoms with Gasteiger partial charge in [-0.1, -0.05) is 0 Å². The largest absolute Gasteiger partial charge is 0.444 e. The van der Waals surface area contributed by atoms with E-state index >= 15 is 0 Å². The van der Waals surface area contributed by atoms with Crippen LogP contribution in [0.1, 0.15) is 67.2 Å². The van der Waals surface area contributed by atoms with Crippen LogP contribution in [0.5, 0.6) is 0 Å². The molecule has 0 N–H and O–H groups in total. The number of piperazine rings is 1. The number of hydrogen-bond acceptors (Lipinski definition) is 6. The Labute approximate surface area is 206 Å². The number of carbonyl (C=O) groups excluding carboxylic acids is 2. The number of ether oxygens (including phenoxy) is 2. The number of likely N-dealkylation sites (tertiary alicyclic amines) is 2. The van der Waals surface area contributed by atoms with E-state index in [2.05, 4.69) is 9.80 Å². The maximum atomic E-state index is 12.3. The molecule has 0 atom stereocenters. The van der Waals surface area contributed by atoms with Crippen LogP contribution in [-0.2, 0) is 9.47 Å². The van der Waals surface area contributed by atoms with Crippen LogP contribution in [0.4, 0.5) is 9.59 Å². The fraction of sp³-hybridized carbons (Fsp3) is 0.923. The van der Waals surface area contributed by atoms with E-state index in [1.54, 1.807) is 0 Å². The van der Waals surface area contributed by atoms with Crippen molar-refractivity contribution < 1.29 is 19.1 Å². The van der Waals surface area contributed by atoms with Crippen molar-refractivity contribution in [2.45, 2.75) is 78.4 Å². The fourth-order valence-electron chi connectivity index (χ4n) is 5.13. The van der Waals surface area contributed by atoms with Crippen molar-refractivity contribution in [3.8, 4) is 0 Å². The van der Waals surface area contributed by atoms with Gasteiger partial charge in [-0.3, -0.25) is 0 Å². The highest BCUT2D eigenvalue weighted by Gasteiger charge is 2.30. The van der Waals surface area contributed by atoms with Gasteiger partial charge in [0, 0.05) is 65.4 Å². The summed E-state index contributed by atoms with van der Waals surface area (Å²) in [6.07, 6.45) is 3.92. The van der Waals surface area contributed by atoms with Gasteiger partial charge in [0.25, 0.3) is 0 Å². The lowest BCUT2D eigenvalue weighted by molar-refractivity contribution is 0.0127. The third-order valence-corrected chi connectivity index (χ3v) is 7.03. The first-order valence-corrected chi connectivity index (χ1v) is 13.3. The minimum absolute atomic E-state index is 0.170. The first-order valence-electron chi connectivity index (χ1n) is 13.3. The second kappa shape index (κ2) is 11.5. The Hall–Kier alpha value is -1.54. The van der Waals surface area contributed by atoms with Gasteiger partial charge in [0.1, 0.15) is 11.2 Å².